The number of aromatic nitrogens is 1. The van der Waals surface area contributed by atoms with Crippen molar-refractivity contribution in [2.24, 2.45) is 11.3 Å². The Morgan fingerprint density at radius 3 is 2.38 bits per heavy atom. The number of amides is 1. The van der Waals surface area contributed by atoms with Gasteiger partial charge in [-0.3, -0.25) is 4.79 Å². The van der Waals surface area contributed by atoms with Gasteiger partial charge < -0.3 is 28.9 Å². The Morgan fingerprint density at radius 2 is 1.91 bits per heavy atom. The molecule has 1 N–H and O–H groups in total. The number of alkyl halides is 3. The molecule has 0 bridgehead atoms. The van der Waals surface area contributed by atoms with Crippen LogP contribution in [0.3, 0.4) is 0 Å². The van der Waals surface area contributed by atoms with E-state index in [-0.39, 0.29) is 11.3 Å². The van der Waals surface area contributed by atoms with E-state index in [1.54, 1.807) is 27.2 Å². The number of aliphatic carboxylic acids is 1. The summed E-state index contributed by atoms with van der Waals surface area (Å²) in [5, 5.41) is 11.0. The van der Waals surface area contributed by atoms with Crippen LogP contribution >= 0.6 is 0 Å². The van der Waals surface area contributed by atoms with Crippen molar-refractivity contribution in [1.82, 2.24) is 15.0 Å². The molecule has 32 heavy (non-hydrogen) atoms. The van der Waals surface area contributed by atoms with E-state index in [1.807, 2.05) is 4.90 Å². The number of carbonyl (C=O) groups excluding carboxylic acids is 1. The van der Waals surface area contributed by atoms with Crippen molar-refractivity contribution < 1.29 is 41.9 Å². The fourth-order valence-electron chi connectivity index (χ4n) is 4.32. The van der Waals surface area contributed by atoms with Crippen LogP contribution in [-0.4, -0.2) is 98.3 Å². The van der Waals surface area contributed by atoms with Crippen LogP contribution in [0, 0.1) is 18.3 Å². The first-order chi connectivity index (χ1) is 15.0. The van der Waals surface area contributed by atoms with Gasteiger partial charge in [0.25, 0.3) is 5.91 Å². The third-order valence-electron chi connectivity index (χ3n) is 6.00. The van der Waals surface area contributed by atoms with E-state index in [9.17, 15) is 18.0 Å². The fraction of sp³-hybridized carbons (Fsp3) is 0.750. The summed E-state index contributed by atoms with van der Waals surface area (Å²) in [7, 11) is 3.52. The zero-order valence-electron chi connectivity index (χ0n) is 18.5. The van der Waals surface area contributed by atoms with Crippen LogP contribution in [0.25, 0.3) is 0 Å². The molecule has 1 atom stereocenters. The Bertz CT molecular complexity index is 762. The molecule has 1 aromatic heterocycles. The number of nitrogens with zero attached hydrogens (tertiary/aromatic N) is 3. The van der Waals surface area contributed by atoms with Crippen LogP contribution in [0.5, 0.6) is 0 Å². The van der Waals surface area contributed by atoms with Crippen LogP contribution in [0.15, 0.2) is 10.6 Å². The summed E-state index contributed by atoms with van der Waals surface area (Å²) < 4.78 is 47.5. The highest BCUT2D eigenvalue weighted by Crippen LogP contribution is 2.44. The van der Waals surface area contributed by atoms with Gasteiger partial charge in [0.1, 0.15) is 5.76 Å². The average Bonchev–Trinajstić information content (AvgIpc) is 3.31. The largest absolute Gasteiger partial charge is 0.490 e. The van der Waals surface area contributed by atoms with Gasteiger partial charge in [0, 0.05) is 58.9 Å². The van der Waals surface area contributed by atoms with E-state index in [4.69, 9.17) is 23.9 Å². The highest BCUT2D eigenvalue weighted by Gasteiger charge is 2.48. The monoisotopic (exact) mass is 465 g/mol. The predicted octanol–water partition coefficient (Wildman–Crippen LogP) is 2.06. The number of methoxy groups -OCH3 is 2. The molecule has 9 nitrogen and oxygen atoms in total. The lowest BCUT2D eigenvalue weighted by molar-refractivity contribution is -0.192. The molecule has 2 aliphatic heterocycles. The predicted molar refractivity (Wildman–Crippen MR) is 106 cm³/mol. The van der Waals surface area contributed by atoms with E-state index in [0.29, 0.717) is 17.4 Å². The standard InChI is InChI=1S/C18H29N3O4.C2HF3O2/c1-14-10-16(19-25-14)17(22)21-6-4-18(5-7-21)13-20(8-9-23-2)11-15(18)12-24-3;3-2(4,5)1(6)7/h10,15H,4-9,11-13H2,1-3H3;(H,6,7). The summed E-state index contributed by atoms with van der Waals surface area (Å²) >= 11 is 0. The number of halogens is 3. The molecule has 182 valence electrons. The van der Waals surface area contributed by atoms with Crippen molar-refractivity contribution in [2.75, 3.05) is 60.2 Å². The molecular formula is C20H30F3N3O6. The minimum Gasteiger partial charge on any atom is -0.475 e. The maximum Gasteiger partial charge on any atom is 0.490 e. The van der Waals surface area contributed by atoms with Crippen LogP contribution in [0.4, 0.5) is 13.2 Å². The first-order valence-electron chi connectivity index (χ1n) is 10.3. The second-order valence-electron chi connectivity index (χ2n) is 8.16. The lowest BCUT2D eigenvalue weighted by Crippen LogP contribution is -2.47. The van der Waals surface area contributed by atoms with Crippen LogP contribution in [0.1, 0.15) is 29.1 Å². The van der Waals surface area contributed by atoms with Crippen molar-refractivity contribution in [1.29, 1.82) is 0 Å². The topological polar surface area (TPSA) is 105 Å². The number of carboxylic acid groups (broad SMARTS) is 1. The van der Waals surface area contributed by atoms with Crippen LogP contribution in [0.2, 0.25) is 0 Å². The van der Waals surface area contributed by atoms with Crippen molar-refractivity contribution in [3.8, 4) is 0 Å². The van der Waals surface area contributed by atoms with E-state index < -0.39 is 12.1 Å². The van der Waals surface area contributed by atoms with Gasteiger partial charge in [-0.15, -0.1) is 0 Å². The van der Waals surface area contributed by atoms with Crippen molar-refractivity contribution in [3.63, 3.8) is 0 Å². The zero-order valence-corrected chi connectivity index (χ0v) is 18.5. The number of piperidine rings is 1. The first kappa shape index (κ1) is 26.1. The summed E-state index contributed by atoms with van der Waals surface area (Å²) in [5.41, 5.74) is 0.648. The van der Waals surface area contributed by atoms with Crippen LogP contribution in [-0.2, 0) is 14.3 Å². The molecule has 2 aliphatic rings. The molecule has 1 amide bonds. The third kappa shape index (κ3) is 6.66. The molecule has 0 aliphatic carbocycles. The number of ether oxygens (including phenoxy) is 2. The zero-order chi connectivity index (χ0) is 23.9. The second kappa shape index (κ2) is 11.1. The van der Waals surface area contributed by atoms with Gasteiger partial charge in [0.15, 0.2) is 5.69 Å². The first-order valence-corrected chi connectivity index (χ1v) is 10.3. The molecule has 2 fully saturated rings. The Morgan fingerprint density at radius 1 is 1.28 bits per heavy atom. The molecule has 1 unspecified atom stereocenters. The summed E-state index contributed by atoms with van der Waals surface area (Å²) in [6.07, 6.45) is -3.07. The Balaban J connectivity index is 0.000000451. The van der Waals surface area contributed by atoms with Gasteiger partial charge in [-0.05, 0) is 25.2 Å². The van der Waals surface area contributed by atoms with Crippen LogP contribution < -0.4 is 0 Å². The van der Waals surface area contributed by atoms with Gasteiger partial charge in [-0.1, -0.05) is 5.16 Å². The summed E-state index contributed by atoms with van der Waals surface area (Å²) in [6.45, 7) is 7.94. The molecule has 2 saturated heterocycles. The van der Waals surface area contributed by atoms with Gasteiger partial charge >= 0.3 is 12.1 Å². The number of likely N-dealkylation sites (tertiary alicyclic amines) is 2. The van der Waals surface area contributed by atoms with E-state index >= 15 is 0 Å². The minimum atomic E-state index is -5.08. The fourth-order valence-corrected chi connectivity index (χ4v) is 4.32. The highest BCUT2D eigenvalue weighted by atomic mass is 19.4. The molecule has 0 radical (unpaired) electrons. The number of carbonyl (C=O) groups is 2. The molecular weight excluding hydrogens is 435 g/mol. The highest BCUT2D eigenvalue weighted by molar-refractivity contribution is 5.92. The van der Waals surface area contributed by atoms with Gasteiger partial charge in [0.05, 0.1) is 13.2 Å². The molecule has 0 aromatic carbocycles. The van der Waals surface area contributed by atoms with Crippen molar-refractivity contribution in [2.45, 2.75) is 25.9 Å². The molecule has 1 spiro atoms. The lowest BCUT2D eigenvalue weighted by Gasteiger charge is -2.42. The average molecular weight is 465 g/mol. The minimum absolute atomic E-state index is 0.0239. The van der Waals surface area contributed by atoms with Gasteiger partial charge in [-0.25, -0.2) is 4.79 Å². The quantitative estimate of drug-likeness (QED) is 0.681. The number of aryl methyl sites for hydroxylation is 1. The lowest BCUT2D eigenvalue weighted by atomic mass is 9.71. The van der Waals surface area contributed by atoms with E-state index in [0.717, 1.165) is 58.8 Å². The number of rotatable bonds is 6. The Kier molecular flexibility index (Phi) is 9.05. The van der Waals surface area contributed by atoms with E-state index in [1.165, 1.54) is 0 Å². The molecule has 0 saturated carbocycles. The smallest absolute Gasteiger partial charge is 0.475 e. The molecule has 1 aromatic rings. The summed E-state index contributed by atoms with van der Waals surface area (Å²) in [5.74, 6) is -1.60. The Hall–Kier alpha value is -2.18. The van der Waals surface area contributed by atoms with Crippen molar-refractivity contribution >= 4 is 11.9 Å². The second-order valence-corrected chi connectivity index (χ2v) is 8.16. The molecule has 12 heteroatoms. The number of hydrogen-bond donors (Lipinski definition) is 1. The van der Waals surface area contributed by atoms with Gasteiger partial charge in [0.2, 0.25) is 0 Å². The molecule has 3 heterocycles. The Labute approximate surface area is 184 Å². The number of hydrogen-bond acceptors (Lipinski definition) is 7. The maximum atomic E-state index is 12.6. The van der Waals surface area contributed by atoms with Gasteiger partial charge in [-0.2, -0.15) is 13.2 Å². The number of carboxylic acids is 1. The summed E-state index contributed by atoms with van der Waals surface area (Å²) in [6, 6.07) is 1.71. The third-order valence-corrected chi connectivity index (χ3v) is 6.00. The SMILES string of the molecule is COCCN1CC(COC)C2(CCN(C(=O)c3cc(C)on3)CC2)C1.O=C(O)C(F)(F)F. The van der Waals surface area contributed by atoms with Crippen molar-refractivity contribution in [3.05, 3.63) is 17.5 Å². The normalized spacial score (nSPS) is 20.8. The molecule has 3 rings (SSSR count). The summed E-state index contributed by atoms with van der Waals surface area (Å²) in [4.78, 5) is 25.9. The maximum absolute atomic E-state index is 12.6. The van der Waals surface area contributed by atoms with E-state index in [2.05, 4.69) is 10.1 Å².